The Morgan fingerprint density at radius 1 is 1.24 bits per heavy atom. The van der Waals surface area contributed by atoms with Gasteiger partial charge in [0.2, 0.25) is 0 Å². The van der Waals surface area contributed by atoms with Crippen LogP contribution in [0.5, 0.6) is 5.75 Å². The van der Waals surface area contributed by atoms with Gasteiger partial charge in [-0.15, -0.1) is 0 Å². The molecule has 0 bridgehead atoms. The van der Waals surface area contributed by atoms with Crippen molar-refractivity contribution in [2.75, 3.05) is 11.9 Å². The number of esters is 1. The molecule has 154 valence electrons. The van der Waals surface area contributed by atoms with E-state index in [0.717, 1.165) is 29.0 Å². The zero-order valence-electron chi connectivity index (χ0n) is 17.6. The number of rotatable bonds is 4. The molecule has 2 N–H and O–H groups in total. The Morgan fingerprint density at radius 2 is 2.00 bits per heavy atom. The van der Waals surface area contributed by atoms with Gasteiger partial charge in [0, 0.05) is 17.7 Å². The molecule has 1 aliphatic heterocycles. The van der Waals surface area contributed by atoms with Gasteiger partial charge in [-0.1, -0.05) is 17.7 Å². The van der Waals surface area contributed by atoms with Gasteiger partial charge in [-0.25, -0.2) is 4.79 Å². The molecular formula is C23H28N2O3S. The highest BCUT2D eigenvalue weighted by molar-refractivity contribution is 7.80. The van der Waals surface area contributed by atoms with Gasteiger partial charge in [0.1, 0.15) is 11.4 Å². The minimum absolute atomic E-state index is 0.0489. The quantitative estimate of drug-likeness (QED) is 0.540. The molecule has 0 spiro atoms. The molecule has 1 atom stereocenters. The molecule has 0 aromatic heterocycles. The largest absolute Gasteiger partial charge is 0.487 e. The van der Waals surface area contributed by atoms with Crippen LogP contribution < -0.4 is 15.4 Å². The van der Waals surface area contributed by atoms with Crippen molar-refractivity contribution in [2.24, 2.45) is 0 Å². The highest BCUT2D eigenvalue weighted by atomic mass is 32.1. The summed E-state index contributed by atoms with van der Waals surface area (Å²) in [5.41, 5.74) is 4.32. The van der Waals surface area contributed by atoms with Gasteiger partial charge in [-0.2, -0.15) is 0 Å². The lowest BCUT2D eigenvalue weighted by molar-refractivity contribution is 0.0526. The fourth-order valence-corrected chi connectivity index (χ4v) is 3.82. The molecule has 1 heterocycles. The Kier molecular flexibility index (Phi) is 6.13. The fourth-order valence-electron chi connectivity index (χ4n) is 3.56. The van der Waals surface area contributed by atoms with Gasteiger partial charge in [0.25, 0.3) is 0 Å². The second-order valence-electron chi connectivity index (χ2n) is 8.01. The summed E-state index contributed by atoms with van der Waals surface area (Å²) in [6.45, 7) is 10.3. The Labute approximate surface area is 177 Å². The molecule has 0 aliphatic carbocycles. The monoisotopic (exact) mass is 412 g/mol. The van der Waals surface area contributed by atoms with Gasteiger partial charge in [0.15, 0.2) is 5.11 Å². The van der Waals surface area contributed by atoms with Crippen LogP contribution in [-0.4, -0.2) is 23.3 Å². The second kappa shape index (κ2) is 8.41. The molecule has 0 saturated heterocycles. The first-order chi connectivity index (χ1) is 13.7. The highest BCUT2D eigenvalue weighted by Gasteiger charge is 2.34. The summed E-state index contributed by atoms with van der Waals surface area (Å²) < 4.78 is 11.2. The molecule has 0 amide bonds. The first kappa shape index (κ1) is 21.1. The van der Waals surface area contributed by atoms with E-state index >= 15 is 0 Å². The predicted molar refractivity (Wildman–Crippen MR) is 120 cm³/mol. The number of aryl methyl sites for hydroxylation is 2. The van der Waals surface area contributed by atoms with Crippen LogP contribution in [0.2, 0.25) is 0 Å². The lowest BCUT2D eigenvalue weighted by Crippen LogP contribution is -2.42. The minimum atomic E-state index is -0.320. The normalized spacial score (nSPS) is 16.9. The lowest BCUT2D eigenvalue weighted by Gasteiger charge is -2.38. The number of anilines is 1. The molecule has 0 radical (unpaired) electrons. The number of hydrogen-bond acceptors (Lipinski definition) is 4. The third kappa shape index (κ3) is 5.07. The molecule has 0 unspecified atom stereocenters. The van der Waals surface area contributed by atoms with Crippen LogP contribution in [-0.2, 0) is 4.74 Å². The standard InChI is InChI=1S/C23H28N2O3S/c1-6-27-21(26)16-8-9-18(15(3)12-16)24-22(29)25-19-13-23(4,5)28-20-10-7-14(2)11-17(19)20/h7-12,19H,6,13H2,1-5H3,(H2,24,25,29)/t19-/m1/s1. The maximum Gasteiger partial charge on any atom is 0.338 e. The van der Waals surface area contributed by atoms with Crippen LogP contribution in [0.25, 0.3) is 0 Å². The fraction of sp³-hybridized carbons (Fsp3) is 0.391. The van der Waals surface area contributed by atoms with E-state index in [-0.39, 0.29) is 17.6 Å². The maximum absolute atomic E-state index is 11.9. The zero-order valence-corrected chi connectivity index (χ0v) is 18.4. The van der Waals surface area contributed by atoms with E-state index in [1.165, 1.54) is 5.56 Å². The van der Waals surface area contributed by atoms with Crippen LogP contribution in [0.3, 0.4) is 0 Å². The van der Waals surface area contributed by atoms with Crippen molar-refractivity contribution < 1.29 is 14.3 Å². The highest BCUT2D eigenvalue weighted by Crippen LogP contribution is 2.39. The maximum atomic E-state index is 11.9. The Morgan fingerprint density at radius 3 is 2.69 bits per heavy atom. The van der Waals surface area contributed by atoms with Crippen LogP contribution in [0, 0.1) is 13.8 Å². The van der Waals surface area contributed by atoms with Crippen molar-refractivity contribution >= 4 is 29.0 Å². The molecule has 6 heteroatoms. The van der Waals surface area contributed by atoms with Crippen molar-refractivity contribution in [2.45, 2.75) is 52.7 Å². The average molecular weight is 413 g/mol. The number of hydrogen-bond donors (Lipinski definition) is 2. The number of ether oxygens (including phenoxy) is 2. The summed E-state index contributed by atoms with van der Waals surface area (Å²) in [4.78, 5) is 11.9. The summed E-state index contributed by atoms with van der Waals surface area (Å²) in [5, 5.41) is 7.23. The van der Waals surface area contributed by atoms with E-state index in [1.54, 1.807) is 19.1 Å². The number of carbonyl (C=O) groups is 1. The van der Waals surface area contributed by atoms with Gasteiger partial charge in [-0.3, -0.25) is 0 Å². The molecule has 2 aromatic rings. The SMILES string of the molecule is CCOC(=O)c1ccc(NC(=S)N[C@@H]2CC(C)(C)Oc3ccc(C)cc32)c(C)c1. The Balaban J connectivity index is 1.74. The van der Waals surface area contributed by atoms with Crippen LogP contribution >= 0.6 is 12.2 Å². The van der Waals surface area contributed by atoms with Gasteiger partial charge >= 0.3 is 5.97 Å². The smallest absolute Gasteiger partial charge is 0.338 e. The van der Waals surface area contributed by atoms with Crippen LogP contribution in [0.4, 0.5) is 5.69 Å². The first-order valence-electron chi connectivity index (χ1n) is 9.83. The minimum Gasteiger partial charge on any atom is -0.487 e. The van der Waals surface area contributed by atoms with E-state index in [2.05, 4.69) is 43.5 Å². The third-order valence-corrected chi connectivity index (χ3v) is 5.13. The van der Waals surface area contributed by atoms with Crippen LogP contribution in [0.1, 0.15) is 60.3 Å². The Hall–Kier alpha value is -2.60. The predicted octanol–water partition coefficient (Wildman–Crippen LogP) is 5.07. The molecule has 2 aromatic carbocycles. The van der Waals surface area contributed by atoms with Crippen molar-refractivity contribution in [3.63, 3.8) is 0 Å². The van der Waals surface area contributed by atoms with Crippen molar-refractivity contribution in [1.82, 2.24) is 5.32 Å². The van der Waals surface area contributed by atoms with E-state index in [0.29, 0.717) is 17.3 Å². The molecule has 3 rings (SSSR count). The second-order valence-corrected chi connectivity index (χ2v) is 8.42. The van der Waals surface area contributed by atoms with Crippen LogP contribution in [0.15, 0.2) is 36.4 Å². The summed E-state index contributed by atoms with van der Waals surface area (Å²) in [7, 11) is 0. The van der Waals surface area contributed by atoms with E-state index in [1.807, 2.05) is 19.1 Å². The van der Waals surface area contributed by atoms with E-state index in [4.69, 9.17) is 21.7 Å². The summed E-state index contributed by atoms with van der Waals surface area (Å²) >= 11 is 5.58. The zero-order chi connectivity index (χ0) is 21.2. The molecule has 1 aliphatic rings. The summed E-state index contributed by atoms with van der Waals surface area (Å²) in [6, 6.07) is 11.7. The summed E-state index contributed by atoms with van der Waals surface area (Å²) in [5.74, 6) is 0.571. The topological polar surface area (TPSA) is 59.6 Å². The molecule has 0 fully saturated rings. The number of nitrogens with one attached hydrogen (secondary N) is 2. The van der Waals surface area contributed by atoms with E-state index < -0.39 is 0 Å². The number of fused-ring (bicyclic) bond motifs is 1. The number of thiocarbonyl (C=S) groups is 1. The first-order valence-corrected chi connectivity index (χ1v) is 10.2. The van der Waals surface area contributed by atoms with Crippen molar-refractivity contribution in [3.8, 4) is 5.75 Å². The van der Waals surface area contributed by atoms with Gasteiger partial charge in [-0.05, 0) is 76.7 Å². The molecule has 5 nitrogen and oxygen atoms in total. The number of carbonyl (C=O) groups excluding carboxylic acids is 1. The van der Waals surface area contributed by atoms with Crippen molar-refractivity contribution in [1.29, 1.82) is 0 Å². The number of benzene rings is 2. The third-order valence-electron chi connectivity index (χ3n) is 4.91. The molecular weight excluding hydrogens is 384 g/mol. The molecule has 0 saturated carbocycles. The van der Waals surface area contributed by atoms with Gasteiger partial charge < -0.3 is 20.1 Å². The summed E-state index contributed by atoms with van der Waals surface area (Å²) in [6.07, 6.45) is 0.798. The van der Waals surface area contributed by atoms with E-state index in [9.17, 15) is 4.79 Å². The average Bonchev–Trinajstić information content (AvgIpc) is 2.63. The van der Waals surface area contributed by atoms with Gasteiger partial charge in [0.05, 0.1) is 18.2 Å². The molecule has 29 heavy (non-hydrogen) atoms. The van der Waals surface area contributed by atoms with Crippen molar-refractivity contribution in [3.05, 3.63) is 58.7 Å². The Bertz CT molecular complexity index is 940. The lowest BCUT2D eigenvalue weighted by atomic mass is 9.89.